The molecule has 2 rings (SSSR count). The van der Waals surface area contributed by atoms with Gasteiger partial charge in [-0.1, -0.05) is 23.2 Å². The molecular weight excluding hydrogens is 301 g/mol. The van der Waals surface area contributed by atoms with Crippen LogP contribution in [0.1, 0.15) is 5.69 Å². The average molecular weight is 310 g/mol. The molecule has 0 spiro atoms. The molecule has 0 atom stereocenters. The standard InChI is InChI=1S/C12H9Cl2N5O/c13-8-3-10(14)12(19-5-8)20-2-1-16-11-7-17-9(4-15)6-18-11/h3,5-7H,1-2H2,(H,16,18). The van der Waals surface area contributed by atoms with Crippen molar-refractivity contribution >= 4 is 29.0 Å². The Labute approximate surface area is 125 Å². The molecule has 8 heteroatoms. The smallest absolute Gasteiger partial charge is 0.232 e. The minimum atomic E-state index is 0.268. The molecule has 0 bridgehead atoms. The van der Waals surface area contributed by atoms with Gasteiger partial charge in [0.1, 0.15) is 23.5 Å². The molecule has 0 unspecified atom stereocenters. The molecular formula is C12H9Cl2N5O. The van der Waals surface area contributed by atoms with Crippen LogP contribution in [0.15, 0.2) is 24.7 Å². The Morgan fingerprint density at radius 1 is 1.20 bits per heavy atom. The third-order valence-electron chi connectivity index (χ3n) is 2.19. The number of halogens is 2. The number of ether oxygens (including phenoxy) is 1. The largest absolute Gasteiger partial charge is 0.475 e. The average Bonchev–Trinajstić information content (AvgIpc) is 2.46. The summed E-state index contributed by atoms with van der Waals surface area (Å²) in [5.41, 5.74) is 0.268. The summed E-state index contributed by atoms with van der Waals surface area (Å²) in [4.78, 5) is 11.9. The molecule has 0 aliphatic heterocycles. The quantitative estimate of drug-likeness (QED) is 0.854. The number of hydrogen-bond acceptors (Lipinski definition) is 6. The lowest BCUT2D eigenvalue weighted by molar-refractivity contribution is 0.320. The van der Waals surface area contributed by atoms with Crippen LogP contribution in [0.2, 0.25) is 10.0 Å². The van der Waals surface area contributed by atoms with Crippen molar-refractivity contribution in [2.24, 2.45) is 0 Å². The molecule has 20 heavy (non-hydrogen) atoms. The van der Waals surface area contributed by atoms with Crippen LogP contribution in [0, 0.1) is 11.3 Å². The highest BCUT2D eigenvalue weighted by Crippen LogP contribution is 2.24. The molecule has 6 nitrogen and oxygen atoms in total. The Bertz CT molecular complexity index is 627. The molecule has 2 aromatic heterocycles. The first-order valence-electron chi connectivity index (χ1n) is 5.59. The van der Waals surface area contributed by atoms with Gasteiger partial charge < -0.3 is 10.1 Å². The zero-order valence-corrected chi connectivity index (χ0v) is 11.7. The van der Waals surface area contributed by atoms with E-state index in [0.29, 0.717) is 34.9 Å². The first-order chi connectivity index (χ1) is 9.69. The molecule has 1 N–H and O–H groups in total. The van der Waals surface area contributed by atoms with Gasteiger partial charge in [-0.05, 0) is 6.07 Å². The minimum absolute atomic E-state index is 0.268. The van der Waals surface area contributed by atoms with Crippen LogP contribution in [-0.2, 0) is 0 Å². The van der Waals surface area contributed by atoms with E-state index < -0.39 is 0 Å². The van der Waals surface area contributed by atoms with Gasteiger partial charge in [-0.15, -0.1) is 0 Å². The van der Waals surface area contributed by atoms with Gasteiger partial charge in [0, 0.05) is 6.20 Å². The molecule has 0 aliphatic rings. The maximum atomic E-state index is 8.59. The summed E-state index contributed by atoms with van der Waals surface area (Å²) < 4.78 is 5.39. The van der Waals surface area contributed by atoms with E-state index in [4.69, 9.17) is 33.2 Å². The van der Waals surface area contributed by atoms with E-state index in [0.717, 1.165) is 0 Å². The Morgan fingerprint density at radius 3 is 2.70 bits per heavy atom. The van der Waals surface area contributed by atoms with E-state index in [1.807, 2.05) is 6.07 Å². The Morgan fingerprint density at radius 2 is 2.05 bits per heavy atom. The van der Waals surface area contributed by atoms with Crippen molar-refractivity contribution in [1.29, 1.82) is 5.26 Å². The number of anilines is 1. The molecule has 0 radical (unpaired) electrons. The van der Waals surface area contributed by atoms with E-state index in [1.54, 1.807) is 6.07 Å². The van der Waals surface area contributed by atoms with Gasteiger partial charge >= 0.3 is 0 Å². The molecule has 0 aromatic carbocycles. The van der Waals surface area contributed by atoms with Crippen LogP contribution >= 0.6 is 23.2 Å². The van der Waals surface area contributed by atoms with E-state index in [-0.39, 0.29) is 5.69 Å². The van der Waals surface area contributed by atoms with Crippen molar-refractivity contribution in [3.05, 3.63) is 40.4 Å². The van der Waals surface area contributed by atoms with Crippen LogP contribution in [0.5, 0.6) is 5.88 Å². The van der Waals surface area contributed by atoms with Crippen LogP contribution in [0.4, 0.5) is 5.82 Å². The van der Waals surface area contributed by atoms with E-state index in [2.05, 4.69) is 20.3 Å². The van der Waals surface area contributed by atoms with Crippen molar-refractivity contribution in [2.45, 2.75) is 0 Å². The number of hydrogen-bond donors (Lipinski definition) is 1. The predicted molar refractivity (Wildman–Crippen MR) is 75.0 cm³/mol. The van der Waals surface area contributed by atoms with E-state index >= 15 is 0 Å². The van der Waals surface area contributed by atoms with Crippen molar-refractivity contribution in [3.8, 4) is 11.9 Å². The molecule has 0 amide bonds. The maximum Gasteiger partial charge on any atom is 0.232 e. The summed E-state index contributed by atoms with van der Waals surface area (Å²) >= 11 is 11.6. The fourth-order valence-electron chi connectivity index (χ4n) is 1.31. The van der Waals surface area contributed by atoms with Gasteiger partial charge in [-0.25, -0.2) is 15.0 Å². The summed E-state index contributed by atoms with van der Waals surface area (Å²) in [6.07, 6.45) is 4.33. The Hall–Kier alpha value is -2.10. The molecule has 2 aromatic rings. The number of rotatable bonds is 5. The zero-order valence-electron chi connectivity index (χ0n) is 10.2. The maximum absolute atomic E-state index is 8.59. The summed E-state index contributed by atoms with van der Waals surface area (Å²) in [5.74, 6) is 0.881. The van der Waals surface area contributed by atoms with Crippen molar-refractivity contribution < 1.29 is 4.74 Å². The molecule has 0 aliphatic carbocycles. The predicted octanol–water partition coefficient (Wildman–Crippen LogP) is 2.54. The monoisotopic (exact) mass is 309 g/mol. The van der Waals surface area contributed by atoms with Crippen molar-refractivity contribution in [3.63, 3.8) is 0 Å². The fraction of sp³-hybridized carbons (Fsp3) is 0.167. The summed E-state index contributed by atoms with van der Waals surface area (Å²) in [6.45, 7) is 0.831. The molecule has 2 heterocycles. The van der Waals surface area contributed by atoms with Crippen LogP contribution < -0.4 is 10.1 Å². The summed E-state index contributed by atoms with van der Waals surface area (Å²) in [5, 5.41) is 12.4. The highest BCUT2D eigenvalue weighted by molar-refractivity contribution is 6.35. The number of nitrogens with zero attached hydrogens (tertiary/aromatic N) is 4. The lowest BCUT2D eigenvalue weighted by Crippen LogP contribution is -2.13. The number of nitrogens with one attached hydrogen (secondary N) is 1. The molecule has 0 saturated heterocycles. The lowest BCUT2D eigenvalue weighted by atomic mass is 10.5. The van der Waals surface area contributed by atoms with Gasteiger partial charge in [0.2, 0.25) is 5.88 Å². The topological polar surface area (TPSA) is 83.7 Å². The first-order valence-corrected chi connectivity index (χ1v) is 6.34. The highest BCUT2D eigenvalue weighted by Gasteiger charge is 2.04. The van der Waals surface area contributed by atoms with Gasteiger partial charge in [-0.3, -0.25) is 0 Å². The van der Waals surface area contributed by atoms with Gasteiger partial charge in [-0.2, -0.15) is 5.26 Å². The van der Waals surface area contributed by atoms with Crippen LogP contribution in [0.3, 0.4) is 0 Å². The zero-order chi connectivity index (χ0) is 14.4. The van der Waals surface area contributed by atoms with Crippen molar-refractivity contribution in [1.82, 2.24) is 15.0 Å². The highest BCUT2D eigenvalue weighted by atomic mass is 35.5. The second-order valence-electron chi connectivity index (χ2n) is 3.61. The molecule has 102 valence electrons. The van der Waals surface area contributed by atoms with Gasteiger partial charge in [0.05, 0.1) is 24.0 Å². The molecule has 0 saturated carbocycles. The van der Waals surface area contributed by atoms with Crippen LogP contribution in [-0.4, -0.2) is 28.1 Å². The Kier molecular flexibility index (Phi) is 4.93. The molecule has 0 fully saturated rings. The van der Waals surface area contributed by atoms with Crippen molar-refractivity contribution in [2.75, 3.05) is 18.5 Å². The lowest BCUT2D eigenvalue weighted by Gasteiger charge is -2.08. The van der Waals surface area contributed by atoms with Crippen LogP contribution in [0.25, 0.3) is 0 Å². The Balaban J connectivity index is 1.80. The minimum Gasteiger partial charge on any atom is -0.475 e. The third-order valence-corrected chi connectivity index (χ3v) is 2.66. The first kappa shape index (κ1) is 14.3. The normalized spacial score (nSPS) is 9.85. The second-order valence-corrected chi connectivity index (χ2v) is 4.46. The summed E-state index contributed by atoms with van der Waals surface area (Å²) in [7, 11) is 0. The van der Waals surface area contributed by atoms with Gasteiger partial charge in [0.15, 0.2) is 5.69 Å². The van der Waals surface area contributed by atoms with Gasteiger partial charge in [0.25, 0.3) is 0 Å². The van der Waals surface area contributed by atoms with E-state index in [9.17, 15) is 0 Å². The summed E-state index contributed by atoms with van der Waals surface area (Å²) in [6, 6.07) is 3.45. The van der Waals surface area contributed by atoms with E-state index in [1.165, 1.54) is 18.6 Å². The number of nitriles is 1. The fourth-order valence-corrected chi connectivity index (χ4v) is 1.75. The number of aromatic nitrogens is 3. The SMILES string of the molecule is N#Cc1cnc(NCCOc2ncc(Cl)cc2Cl)cn1. The second kappa shape index (κ2) is 6.89. The third kappa shape index (κ3) is 3.95. The number of pyridine rings is 1.